The Morgan fingerprint density at radius 3 is 2.62 bits per heavy atom. The third-order valence-corrected chi connectivity index (χ3v) is 4.83. The standard InChI is InChI=1S/C20H20ClN3/c21-17-11-4-5-12-19(17)24-20-16(10-6-7-13-22-20)18(23-24)14-15-8-2-1-3-9-15/h1-5,8-9,11-12,22H,6-7,10,13-14H2. The monoisotopic (exact) mass is 337 g/mol. The molecule has 122 valence electrons. The van der Waals surface area contributed by atoms with Gasteiger partial charge in [0.2, 0.25) is 0 Å². The molecule has 1 aromatic heterocycles. The van der Waals surface area contributed by atoms with Gasteiger partial charge in [-0.15, -0.1) is 0 Å². The number of para-hydroxylation sites is 1. The third kappa shape index (κ3) is 2.92. The van der Waals surface area contributed by atoms with Crippen molar-refractivity contribution in [2.75, 3.05) is 11.9 Å². The largest absolute Gasteiger partial charge is 0.370 e. The summed E-state index contributed by atoms with van der Waals surface area (Å²) in [6.45, 7) is 0.980. The van der Waals surface area contributed by atoms with E-state index in [1.165, 1.54) is 24.0 Å². The summed E-state index contributed by atoms with van der Waals surface area (Å²) in [7, 11) is 0. The van der Waals surface area contributed by atoms with Crippen LogP contribution in [-0.2, 0) is 12.8 Å². The number of hydrogen-bond donors (Lipinski definition) is 1. The molecule has 0 bridgehead atoms. The minimum Gasteiger partial charge on any atom is -0.370 e. The van der Waals surface area contributed by atoms with E-state index in [0.29, 0.717) is 0 Å². The number of nitrogens with one attached hydrogen (secondary N) is 1. The van der Waals surface area contributed by atoms with Gasteiger partial charge in [0.1, 0.15) is 5.82 Å². The van der Waals surface area contributed by atoms with Crippen molar-refractivity contribution >= 4 is 17.4 Å². The maximum atomic E-state index is 6.42. The van der Waals surface area contributed by atoms with E-state index in [0.717, 1.165) is 41.6 Å². The molecule has 0 aliphatic carbocycles. The van der Waals surface area contributed by atoms with E-state index in [1.54, 1.807) is 0 Å². The Morgan fingerprint density at radius 1 is 1.00 bits per heavy atom. The smallest absolute Gasteiger partial charge is 0.133 e. The molecule has 0 spiro atoms. The molecule has 24 heavy (non-hydrogen) atoms. The summed E-state index contributed by atoms with van der Waals surface area (Å²) < 4.78 is 1.99. The lowest BCUT2D eigenvalue weighted by molar-refractivity contribution is 0.767. The lowest BCUT2D eigenvalue weighted by Gasteiger charge is -2.10. The second-order valence-corrected chi connectivity index (χ2v) is 6.59. The molecule has 4 rings (SSSR count). The van der Waals surface area contributed by atoms with Gasteiger partial charge in [-0.25, -0.2) is 4.68 Å². The average molecular weight is 338 g/mol. The number of anilines is 1. The van der Waals surface area contributed by atoms with Gasteiger partial charge in [-0.2, -0.15) is 5.10 Å². The predicted molar refractivity (Wildman–Crippen MR) is 99.2 cm³/mol. The summed E-state index contributed by atoms with van der Waals surface area (Å²) in [4.78, 5) is 0. The van der Waals surface area contributed by atoms with Crippen LogP contribution in [0.2, 0.25) is 5.02 Å². The van der Waals surface area contributed by atoms with E-state index in [9.17, 15) is 0 Å². The van der Waals surface area contributed by atoms with Gasteiger partial charge in [-0.05, 0) is 37.0 Å². The predicted octanol–water partition coefficient (Wildman–Crippen LogP) is 4.86. The second-order valence-electron chi connectivity index (χ2n) is 6.18. The van der Waals surface area contributed by atoms with Gasteiger partial charge >= 0.3 is 0 Å². The molecular weight excluding hydrogens is 318 g/mol. The summed E-state index contributed by atoms with van der Waals surface area (Å²) in [5.74, 6) is 1.10. The molecule has 3 nitrogen and oxygen atoms in total. The van der Waals surface area contributed by atoms with Crippen molar-refractivity contribution in [2.45, 2.75) is 25.7 Å². The zero-order valence-corrected chi connectivity index (χ0v) is 14.3. The number of benzene rings is 2. The van der Waals surface area contributed by atoms with E-state index >= 15 is 0 Å². The first-order valence-corrected chi connectivity index (χ1v) is 8.84. The van der Waals surface area contributed by atoms with Crippen molar-refractivity contribution in [3.8, 4) is 5.69 Å². The van der Waals surface area contributed by atoms with Crippen molar-refractivity contribution in [1.82, 2.24) is 9.78 Å². The van der Waals surface area contributed by atoms with Gasteiger partial charge in [0.05, 0.1) is 16.4 Å². The van der Waals surface area contributed by atoms with Crippen LogP contribution in [0.1, 0.15) is 29.7 Å². The maximum absolute atomic E-state index is 6.42. The van der Waals surface area contributed by atoms with Crippen LogP contribution in [0.5, 0.6) is 0 Å². The molecule has 0 fully saturated rings. The van der Waals surface area contributed by atoms with Crippen molar-refractivity contribution in [1.29, 1.82) is 0 Å². The van der Waals surface area contributed by atoms with Crippen molar-refractivity contribution in [3.63, 3.8) is 0 Å². The van der Waals surface area contributed by atoms with Crippen LogP contribution in [-0.4, -0.2) is 16.3 Å². The number of fused-ring (bicyclic) bond motifs is 1. The molecule has 1 aliphatic rings. The van der Waals surface area contributed by atoms with E-state index in [1.807, 2.05) is 35.0 Å². The normalized spacial score (nSPS) is 13.9. The van der Waals surface area contributed by atoms with E-state index < -0.39 is 0 Å². The zero-order valence-electron chi connectivity index (χ0n) is 13.5. The number of rotatable bonds is 3. The fourth-order valence-corrected chi connectivity index (χ4v) is 3.52. The zero-order chi connectivity index (χ0) is 16.4. The van der Waals surface area contributed by atoms with Gasteiger partial charge in [-0.3, -0.25) is 0 Å². The molecule has 0 saturated heterocycles. The summed E-state index contributed by atoms with van der Waals surface area (Å²) in [6, 6.07) is 18.4. The topological polar surface area (TPSA) is 29.9 Å². The third-order valence-electron chi connectivity index (χ3n) is 4.51. The molecule has 1 N–H and O–H groups in total. The first-order valence-electron chi connectivity index (χ1n) is 8.46. The van der Waals surface area contributed by atoms with Crippen molar-refractivity contribution < 1.29 is 0 Å². The lowest BCUT2D eigenvalue weighted by atomic mass is 10.0. The number of halogens is 1. The molecule has 0 radical (unpaired) electrons. The Labute approximate surface area is 147 Å². The van der Waals surface area contributed by atoms with Crippen LogP contribution >= 0.6 is 11.6 Å². The van der Waals surface area contributed by atoms with Crippen molar-refractivity contribution in [2.24, 2.45) is 0 Å². The van der Waals surface area contributed by atoms with Crippen LogP contribution in [0, 0.1) is 0 Å². The molecule has 2 aromatic carbocycles. The highest BCUT2D eigenvalue weighted by Gasteiger charge is 2.21. The van der Waals surface area contributed by atoms with Gasteiger partial charge in [0, 0.05) is 18.5 Å². The highest BCUT2D eigenvalue weighted by molar-refractivity contribution is 6.32. The summed E-state index contributed by atoms with van der Waals surface area (Å²) >= 11 is 6.42. The number of aromatic nitrogens is 2. The fourth-order valence-electron chi connectivity index (χ4n) is 3.30. The van der Waals surface area contributed by atoms with Crippen molar-refractivity contribution in [3.05, 3.63) is 76.4 Å². The molecule has 0 amide bonds. The van der Waals surface area contributed by atoms with Crippen LogP contribution in [0.15, 0.2) is 54.6 Å². The number of nitrogens with zero attached hydrogens (tertiary/aromatic N) is 2. The summed E-state index contributed by atoms with van der Waals surface area (Å²) in [6.07, 6.45) is 4.29. The van der Waals surface area contributed by atoms with Gasteiger partial charge in [0.15, 0.2) is 0 Å². The van der Waals surface area contributed by atoms with Crippen LogP contribution in [0.3, 0.4) is 0 Å². The fraction of sp³-hybridized carbons (Fsp3) is 0.250. The summed E-state index contributed by atoms with van der Waals surface area (Å²) in [5.41, 5.74) is 4.69. The van der Waals surface area contributed by atoms with Crippen LogP contribution in [0.4, 0.5) is 5.82 Å². The minimum absolute atomic E-state index is 0.722. The molecule has 0 unspecified atom stereocenters. The van der Waals surface area contributed by atoms with Gasteiger partial charge in [0.25, 0.3) is 0 Å². The SMILES string of the molecule is Clc1ccccc1-n1nc(Cc2ccccc2)c2c1NCCCC2. The molecule has 4 heteroatoms. The van der Waals surface area contributed by atoms with Crippen LogP contribution < -0.4 is 5.32 Å². The second kappa shape index (κ2) is 6.70. The lowest BCUT2D eigenvalue weighted by Crippen LogP contribution is -2.07. The average Bonchev–Trinajstić information content (AvgIpc) is 2.79. The van der Waals surface area contributed by atoms with Crippen LogP contribution in [0.25, 0.3) is 5.69 Å². The maximum Gasteiger partial charge on any atom is 0.133 e. The minimum atomic E-state index is 0.722. The molecule has 1 aliphatic heterocycles. The Morgan fingerprint density at radius 2 is 1.79 bits per heavy atom. The Hall–Kier alpha value is -2.26. The Bertz CT molecular complexity index is 839. The summed E-state index contributed by atoms with van der Waals surface area (Å²) in [5, 5.41) is 9.22. The molecular formula is C20H20ClN3. The first kappa shape index (κ1) is 15.3. The molecule has 0 saturated carbocycles. The Balaban J connectivity index is 1.81. The molecule has 0 atom stereocenters. The Kier molecular flexibility index (Phi) is 4.26. The highest BCUT2D eigenvalue weighted by Crippen LogP contribution is 2.31. The van der Waals surface area contributed by atoms with E-state index in [4.69, 9.17) is 16.7 Å². The molecule has 3 aromatic rings. The molecule has 2 heterocycles. The van der Waals surface area contributed by atoms with Gasteiger partial charge < -0.3 is 5.32 Å². The quantitative estimate of drug-likeness (QED) is 0.739. The number of hydrogen-bond acceptors (Lipinski definition) is 2. The van der Waals surface area contributed by atoms with E-state index in [2.05, 4.69) is 29.6 Å². The highest BCUT2D eigenvalue weighted by atomic mass is 35.5. The van der Waals surface area contributed by atoms with Gasteiger partial charge in [-0.1, -0.05) is 54.1 Å². The van der Waals surface area contributed by atoms with E-state index in [-0.39, 0.29) is 0 Å². The first-order chi connectivity index (χ1) is 11.8.